The Labute approximate surface area is 197 Å². The molecule has 0 radical (unpaired) electrons. The first-order valence-electron chi connectivity index (χ1n) is 10.2. The quantitative estimate of drug-likeness (QED) is 0.382. The normalized spacial score (nSPS) is 11.0. The highest BCUT2D eigenvalue weighted by Crippen LogP contribution is 2.26. The Morgan fingerprint density at radius 2 is 1.82 bits per heavy atom. The molecule has 9 nitrogen and oxygen atoms in total. The summed E-state index contributed by atoms with van der Waals surface area (Å²) in [6, 6.07) is 17.0. The number of nitrogens with zero attached hydrogens (tertiary/aromatic N) is 3. The van der Waals surface area contributed by atoms with Crippen LogP contribution in [0.1, 0.15) is 15.9 Å². The molecular weight excluding hydrogens is 454 g/mol. The molecule has 0 saturated carbocycles. The van der Waals surface area contributed by atoms with E-state index >= 15 is 0 Å². The zero-order chi connectivity index (χ0) is 24.1. The van der Waals surface area contributed by atoms with Gasteiger partial charge >= 0.3 is 10.1 Å². The van der Waals surface area contributed by atoms with Crippen molar-refractivity contribution < 1.29 is 17.4 Å². The molecule has 0 atom stereocenters. The Balaban J connectivity index is 1.55. The molecule has 0 fully saturated rings. The summed E-state index contributed by atoms with van der Waals surface area (Å²) >= 11 is 0. The fourth-order valence-electron chi connectivity index (χ4n) is 3.14. The van der Waals surface area contributed by atoms with Crippen LogP contribution in [0.2, 0.25) is 0 Å². The second kappa shape index (κ2) is 9.67. The molecule has 172 valence electrons. The number of rotatable bonds is 7. The third kappa shape index (κ3) is 5.73. The third-order valence-electron chi connectivity index (χ3n) is 4.73. The lowest BCUT2D eigenvalue weighted by molar-refractivity contribution is 0.102. The van der Waals surface area contributed by atoms with E-state index in [0.717, 1.165) is 23.1 Å². The van der Waals surface area contributed by atoms with Gasteiger partial charge in [-0.25, -0.2) is 9.97 Å². The van der Waals surface area contributed by atoms with Crippen molar-refractivity contribution >= 4 is 33.3 Å². The smallest absolute Gasteiger partial charge is 0.306 e. The topological polar surface area (TPSA) is 123 Å². The number of benzene rings is 2. The Kier molecular flexibility index (Phi) is 6.51. The highest BCUT2D eigenvalue weighted by Gasteiger charge is 2.16. The van der Waals surface area contributed by atoms with Gasteiger partial charge in [0.1, 0.15) is 0 Å². The molecule has 2 aromatic heterocycles. The fraction of sp³-hybridized carbons (Fsp3) is 0.0833. The van der Waals surface area contributed by atoms with Gasteiger partial charge in [0.2, 0.25) is 5.95 Å². The molecule has 0 aliphatic rings. The summed E-state index contributed by atoms with van der Waals surface area (Å²) < 4.78 is 28.0. The Morgan fingerprint density at radius 1 is 1.00 bits per heavy atom. The van der Waals surface area contributed by atoms with Crippen molar-refractivity contribution in [3.8, 4) is 17.0 Å². The van der Waals surface area contributed by atoms with Crippen molar-refractivity contribution in [2.45, 2.75) is 6.92 Å². The van der Waals surface area contributed by atoms with Crippen molar-refractivity contribution in [1.29, 1.82) is 0 Å². The summed E-state index contributed by atoms with van der Waals surface area (Å²) in [7, 11) is -3.78. The number of pyridine rings is 1. The molecule has 4 aromatic rings. The molecule has 0 aliphatic heterocycles. The first-order chi connectivity index (χ1) is 16.3. The second-order valence-electron chi connectivity index (χ2n) is 7.40. The van der Waals surface area contributed by atoms with E-state index in [2.05, 4.69) is 25.6 Å². The van der Waals surface area contributed by atoms with E-state index in [9.17, 15) is 13.2 Å². The van der Waals surface area contributed by atoms with E-state index in [1.165, 1.54) is 12.1 Å². The number of hydrogen-bond donors (Lipinski definition) is 2. The average Bonchev–Trinajstić information content (AvgIpc) is 2.81. The molecule has 10 heteroatoms. The van der Waals surface area contributed by atoms with Crippen molar-refractivity contribution in [2.24, 2.45) is 0 Å². The number of aryl methyl sites for hydroxylation is 1. The summed E-state index contributed by atoms with van der Waals surface area (Å²) in [5.41, 5.74) is 3.78. The number of hydrogen-bond acceptors (Lipinski definition) is 8. The van der Waals surface area contributed by atoms with E-state index in [1.54, 1.807) is 48.9 Å². The molecule has 0 aliphatic carbocycles. The Bertz CT molecular complexity index is 1440. The van der Waals surface area contributed by atoms with E-state index in [0.29, 0.717) is 17.3 Å². The fourth-order valence-corrected chi connectivity index (χ4v) is 3.61. The average molecular weight is 476 g/mol. The molecule has 2 heterocycles. The van der Waals surface area contributed by atoms with E-state index in [1.807, 2.05) is 25.1 Å². The van der Waals surface area contributed by atoms with Crippen molar-refractivity contribution in [3.05, 3.63) is 90.4 Å². The molecule has 1 amide bonds. The van der Waals surface area contributed by atoms with Crippen LogP contribution in [0.4, 0.5) is 17.3 Å². The standard InChI is InChI=1S/C24H21N5O4S/c1-16-9-10-18(27-23(30)19-7-3-4-8-22(19)33-34(2,31)32)14-21(16)29-24-26-13-11-20(28-24)17-6-5-12-25-15-17/h3-15H,1-2H3,(H,27,30)(H,26,28,29). The van der Waals surface area contributed by atoms with Crippen LogP contribution in [0, 0.1) is 6.92 Å². The maximum Gasteiger partial charge on any atom is 0.306 e. The Hall–Kier alpha value is -4.31. The summed E-state index contributed by atoms with van der Waals surface area (Å²) in [6.45, 7) is 1.91. The van der Waals surface area contributed by atoms with E-state index in [4.69, 9.17) is 4.18 Å². The monoisotopic (exact) mass is 475 g/mol. The molecule has 0 spiro atoms. The molecule has 0 unspecified atom stereocenters. The molecular formula is C24H21N5O4S. The van der Waals surface area contributed by atoms with Crippen LogP contribution < -0.4 is 14.8 Å². The van der Waals surface area contributed by atoms with Gasteiger partial charge in [0.25, 0.3) is 5.91 Å². The number of aromatic nitrogens is 3. The first kappa shape index (κ1) is 22.9. The van der Waals surface area contributed by atoms with Gasteiger partial charge in [-0.2, -0.15) is 8.42 Å². The predicted molar refractivity (Wildman–Crippen MR) is 130 cm³/mol. The van der Waals surface area contributed by atoms with Gasteiger partial charge in [-0.1, -0.05) is 18.2 Å². The second-order valence-corrected chi connectivity index (χ2v) is 8.97. The minimum atomic E-state index is -3.78. The molecule has 0 bridgehead atoms. The van der Waals surface area contributed by atoms with Gasteiger partial charge in [0.15, 0.2) is 5.75 Å². The lowest BCUT2D eigenvalue weighted by atomic mass is 10.1. The highest BCUT2D eigenvalue weighted by molar-refractivity contribution is 7.86. The number of carbonyl (C=O) groups is 1. The van der Waals surface area contributed by atoms with Crippen LogP contribution >= 0.6 is 0 Å². The summed E-state index contributed by atoms with van der Waals surface area (Å²) in [5, 5.41) is 5.95. The molecule has 2 aromatic carbocycles. The lowest BCUT2D eigenvalue weighted by Gasteiger charge is -2.13. The van der Waals surface area contributed by atoms with Crippen LogP contribution in [0.15, 0.2) is 79.3 Å². The minimum Gasteiger partial charge on any atom is -0.382 e. The number of carbonyl (C=O) groups excluding carboxylic acids is 1. The van der Waals surface area contributed by atoms with Gasteiger partial charge in [-0.3, -0.25) is 9.78 Å². The molecule has 4 rings (SSSR count). The lowest BCUT2D eigenvalue weighted by Crippen LogP contribution is -2.15. The molecule has 0 saturated heterocycles. The van der Waals surface area contributed by atoms with Crippen LogP contribution in [0.3, 0.4) is 0 Å². The highest BCUT2D eigenvalue weighted by atomic mass is 32.2. The number of anilines is 3. The van der Waals surface area contributed by atoms with Gasteiger partial charge < -0.3 is 14.8 Å². The zero-order valence-electron chi connectivity index (χ0n) is 18.4. The Morgan fingerprint density at radius 3 is 2.59 bits per heavy atom. The zero-order valence-corrected chi connectivity index (χ0v) is 19.2. The van der Waals surface area contributed by atoms with E-state index < -0.39 is 16.0 Å². The van der Waals surface area contributed by atoms with Crippen LogP contribution in [-0.2, 0) is 10.1 Å². The molecule has 34 heavy (non-hydrogen) atoms. The van der Waals surface area contributed by atoms with Gasteiger partial charge in [-0.15, -0.1) is 0 Å². The largest absolute Gasteiger partial charge is 0.382 e. The third-order valence-corrected chi connectivity index (χ3v) is 5.21. The summed E-state index contributed by atoms with van der Waals surface area (Å²) in [4.78, 5) is 25.8. The first-order valence-corrected chi connectivity index (χ1v) is 12.0. The number of para-hydroxylation sites is 1. The number of amides is 1. The van der Waals surface area contributed by atoms with Crippen molar-refractivity contribution in [2.75, 3.05) is 16.9 Å². The van der Waals surface area contributed by atoms with Crippen LogP contribution in [0.5, 0.6) is 5.75 Å². The predicted octanol–water partition coefficient (Wildman–Crippen LogP) is 4.18. The SMILES string of the molecule is Cc1ccc(NC(=O)c2ccccc2OS(C)(=O)=O)cc1Nc1nccc(-c2cccnc2)n1. The van der Waals surface area contributed by atoms with Crippen molar-refractivity contribution in [1.82, 2.24) is 15.0 Å². The minimum absolute atomic E-state index is 0.0476. The summed E-state index contributed by atoms with van der Waals surface area (Å²) in [6.07, 6.45) is 5.99. The number of nitrogens with one attached hydrogen (secondary N) is 2. The van der Waals surface area contributed by atoms with Crippen LogP contribution in [-0.4, -0.2) is 35.5 Å². The summed E-state index contributed by atoms with van der Waals surface area (Å²) in [5.74, 6) is -0.169. The van der Waals surface area contributed by atoms with Crippen molar-refractivity contribution in [3.63, 3.8) is 0 Å². The van der Waals surface area contributed by atoms with Crippen LogP contribution in [0.25, 0.3) is 11.3 Å². The van der Waals surface area contributed by atoms with Gasteiger partial charge in [0, 0.05) is 35.5 Å². The molecule has 2 N–H and O–H groups in total. The maximum absolute atomic E-state index is 12.8. The van der Waals surface area contributed by atoms with E-state index in [-0.39, 0.29) is 11.3 Å². The maximum atomic E-state index is 12.8. The van der Waals surface area contributed by atoms with Gasteiger partial charge in [-0.05, 0) is 55.0 Å². The van der Waals surface area contributed by atoms with Gasteiger partial charge in [0.05, 0.1) is 17.5 Å².